The van der Waals surface area contributed by atoms with Gasteiger partial charge in [0.15, 0.2) is 0 Å². The van der Waals surface area contributed by atoms with Crippen molar-refractivity contribution in [1.82, 2.24) is 0 Å². The Morgan fingerprint density at radius 2 is 2.22 bits per heavy atom. The van der Waals surface area contributed by atoms with Gasteiger partial charge in [0.25, 0.3) is 0 Å². The fraction of sp³-hybridized carbons (Fsp3) is 0.467. The van der Waals surface area contributed by atoms with Gasteiger partial charge in [-0.1, -0.05) is 24.3 Å². The maximum Gasteiger partial charge on any atom is 0.334 e. The summed E-state index contributed by atoms with van der Waals surface area (Å²) in [6, 6.07) is 0. The first-order valence-corrected chi connectivity index (χ1v) is 6.31. The minimum atomic E-state index is -0.293. The lowest BCUT2D eigenvalue weighted by Crippen LogP contribution is -2.17. The molecule has 0 bridgehead atoms. The van der Waals surface area contributed by atoms with E-state index >= 15 is 0 Å². The lowest BCUT2D eigenvalue weighted by molar-refractivity contribution is -0.139. The van der Waals surface area contributed by atoms with Crippen LogP contribution >= 0.6 is 0 Å². The van der Waals surface area contributed by atoms with Crippen molar-refractivity contribution in [2.24, 2.45) is 5.92 Å². The molecular formula is C15H18O3. The highest BCUT2D eigenvalue weighted by atomic mass is 16.6. The van der Waals surface area contributed by atoms with Crippen molar-refractivity contribution in [2.75, 3.05) is 0 Å². The molecule has 2 atom stereocenters. The predicted molar refractivity (Wildman–Crippen MR) is 68.9 cm³/mol. The first kappa shape index (κ1) is 12.8. The molecule has 1 fully saturated rings. The molecule has 0 N–H and O–H groups in total. The lowest BCUT2D eigenvalue weighted by atomic mass is 9.88. The molecule has 3 heteroatoms. The Labute approximate surface area is 107 Å². The number of rotatable bonds is 1. The first-order valence-electron chi connectivity index (χ1n) is 6.31. The Morgan fingerprint density at radius 1 is 1.44 bits per heavy atom. The number of allylic oxidation sites excluding steroid dienone is 3. The smallest absolute Gasteiger partial charge is 0.334 e. The standard InChI is InChI=1S/C15H18O3/c1-10-4-3-5-12(9-16)6-7-13-11(2)15(17)18-14(13)8-10/h4,6,9,13-14H,2-3,5,7-8H2,1H3/b10-4-,12-6+/t13-,14+/m1/s1. The highest BCUT2D eigenvalue weighted by Crippen LogP contribution is 2.34. The summed E-state index contributed by atoms with van der Waals surface area (Å²) in [5.41, 5.74) is 2.54. The molecule has 0 saturated carbocycles. The van der Waals surface area contributed by atoms with Gasteiger partial charge < -0.3 is 4.74 Å². The van der Waals surface area contributed by atoms with Crippen LogP contribution in [-0.2, 0) is 14.3 Å². The van der Waals surface area contributed by atoms with Crippen molar-refractivity contribution >= 4 is 12.3 Å². The second-order valence-electron chi connectivity index (χ2n) is 5.00. The van der Waals surface area contributed by atoms with E-state index in [4.69, 9.17) is 4.74 Å². The number of aldehydes is 1. The zero-order valence-electron chi connectivity index (χ0n) is 10.6. The maximum absolute atomic E-state index is 11.6. The van der Waals surface area contributed by atoms with E-state index in [1.807, 2.05) is 13.0 Å². The fourth-order valence-electron chi connectivity index (χ4n) is 2.52. The number of hydrogen-bond donors (Lipinski definition) is 0. The van der Waals surface area contributed by atoms with Gasteiger partial charge in [-0.2, -0.15) is 0 Å². The van der Waals surface area contributed by atoms with Crippen LogP contribution in [0.1, 0.15) is 32.6 Å². The molecule has 18 heavy (non-hydrogen) atoms. The quantitative estimate of drug-likeness (QED) is 0.309. The highest BCUT2D eigenvalue weighted by Gasteiger charge is 2.37. The molecule has 1 heterocycles. The second-order valence-corrected chi connectivity index (χ2v) is 5.00. The van der Waals surface area contributed by atoms with Gasteiger partial charge in [0.05, 0.1) is 0 Å². The average Bonchev–Trinajstić information content (AvgIpc) is 2.60. The maximum atomic E-state index is 11.6. The summed E-state index contributed by atoms with van der Waals surface area (Å²) < 4.78 is 5.35. The molecule has 0 aromatic heterocycles. The largest absolute Gasteiger partial charge is 0.458 e. The Bertz CT molecular complexity index is 443. The normalized spacial score (nSPS) is 34.7. The third-order valence-corrected chi connectivity index (χ3v) is 3.65. The summed E-state index contributed by atoms with van der Waals surface area (Å²) in [5, 5.41) is 0. The predicted octanol–water partition coefficient (Wildman–Crippen LogP) is 2.73. The number of hydrogen-bond acceptors (Lipinski definition) is 3. The molecular weight excluding hydrogens is 228 g/mol. The molecule has 96 valence electrons. The van der Waals surface area contributed by atoms with Crippen LogP contribution < -0.4 is 0 Å². The van der Waals surface area contributed by atoms with E-state index in [0.717, 1.165) is 31.1 Å². The fourth-order valence-corrected chi connectivity index (χ4v) is 2.52. The van der Waals surface area contributed by atoms with Crippen LogP contribution in [-0.4, -0.2) is 18.4 Å². The number of carbonyl (C=O) groups is 2. The van der Waals surface area contributed by atoms with Crippen LogP contribution in [0, 0.1) is 5.92 Å². The molecule has 0 unspecified atom stereocenters. The monoisotopic (exact) mass is 246 g/mol. The van der Waals surface area contributed by atoms with E-state index in [0.29, 0.717) is 12.0 Å². The Morgan fingerprint density at radius 3 is 2.94 bits per heavy atom. The zero-order chi connectivity index (χ0) is 13.1. The van der Waals surface area contributed by atoms with Crippen LogP contribution in [0.3, 0.4) is 0 Å². The molecule has 3 nitrogen and oxygen atoms in total. The molecule has 2 rings (SSSR count). The minimum Gasteiger partial charge on any atom is -0.458 e. The van der Waals surface area contributed by atoms with Crippen LogP contribution in [0.5, 0.6) is 0 Å². The van der Waals surface area contributed by atoms with Crippen molar-refractivity contribution in [3.8, 4) is 0 Å². The average molecular weight is 246 g/mol. The van der Waals surface area contributed by atoms with Gasteiger partial charge in [-0.3, -0.25) is 4.79 Å². The summed E-state index contributed by atoms with van der Waals surface area (Å²) in [7, 11) is 0. The zero-order valence-corrected chi connectivity index (χ0v) is 10.6. The van der Waals surface area contributed by atoms with Gasteiger partial charge >= 0.3 is 5.97 Å². The molecule has 0 aromatic carbocycles. The summed E-state index contributed by atoms with van der Waals surface area (Å²) in [4.78, 5) is 22.5. The van der Waals surface area contributed by atoms with E-state index in [-0.39, 0.29) is 18.0 Å². The topological polar surface area (TPSA) is 43.4 Å². The summed E-state index contributed by atoms with van der Waals surface area (Å²) in [5.74, 6) is -0.285. The van der Waals surface area contributed by atoms with E-state index in [1.54, 1.807) is 0 Å². The summed E-state index contributed by atoms with van der Waals surface area (Å²) in [6.45, 7) is 5.85. The van der Waals surface area contributed by atoms with E-state index in [9.17, 15) is 9.59 Å². The van der Waals surface area contributed by atoms with Gasteiger partial charge in [0, 0.05) is 17.9 Å². The molecule has 1 saturated heterocycles. The molecule has 2 aliphatic rings. The molecule has 1 aliphatic carbocycles. The van der Waals surface area contributed by atoms with E-state index in [2.05, 4.69) is 12.7 Å². The molecule has 1 aliphatic heterocycles. The van der Waals surface area contributed by atoms with Crippen molar-refractivity contribution in [3.63, 3.8) is 0 Å². The molecule has 0 aromatic rings. The third kappa shape index (κ3) is 2.61. The second kappa shape index (κ2) is 5.34. The molecule has 0 amide bonds. The van der Waals surface area contributed by atoms with Gasteiger partial charge in [0.2, 0.25) is 0 Å². The Kier molecular flexibility index (Phi) is 3.80. The lowest BCUT2D eigenvalue weighted by Gasteiger charge is -2.18. The van der Waals surface area contributed by atoms with E-state index in [1.165, 1.54) is 5.57 Å². The Balaban J connectivity index is 2.26. The number of fused-ring (bicyclic) bond motifs is 1. The number of esters is 1. The van der Waals surface area contributed by atoms with Gasteiger partial charge in [-0.15, -0.1) is 0 Å². The Hall–Kier alpha value is -1.64. The van der Waals surface area contributed by atoms with Crippen molar-refractivity contribution < 1.29 is 14.3 Å². The summed E-state index contributed by atoms with van der Waals surface area (Å²) in [6.07, 6.45) is 7.88. The van der Waals surface area contributed by atoms with Crippen molar-refractivity contribution in [3.05, 3.63) is 35.5 Å². The van der Waals surface area contributed by atoms with Gasteiger partial charge in [-0.05, 0) is 31.8 Å². The van der Waals surface area contributed by atoms with E-state index < -0.39 is 0 Å². The number of carbonyl (C=O) groups excluding carboxylic acids is 2. The van der Waals surface area contributed by atoms with Gasteiger partial charge in [0.1, 0.15) is 12.4 Å². The van der Waals surface area contributed by atoms with Gasteiger partial charge in [-0.25, -0.2) is 4.79 Å². The minimum absolute atomic E-state index is 0.00824. The molecule has 0 radical (unpaired) electrons. The van der Waals surface area contributed by atoms with Crippen molar-refractivity contribution in [1.29, 1.82) is 0 Å². The van der Waals surface area contributed by atoms with Crippen LogP contribution in [0.25, 0.3) is 0 Å². The van der Waals surface area contributed by atoms with Crippen LogP contribution in [0.2, 0.25) is 0 Å². The molecule has 0 spiro atoms. The van der Waals surface area contributed by atoms with Crippen LogP contribution in [0.4, 0.5) is 0 Å². The first-order chi connectivity index (χ1) is 8.61. The SMILES string of the molecule is C=C1C(=O)O[C@H]2C/C(C)=C\CC/C(C=O)=C\C[C@H]12. The van der Waals surface area contributed by atoms with Crippen LogP contribution in [0.15, 0.2) is 35.5 Å². The highest BCUT2D eigenvalue weighted by molar-refractivity contribution is 5.90. The number of ether oxygens (including phenoxy) is 1. The van der Waals surface area contributed by atoms with Crippen molar-refractivity contribution in [2.45, 2.75) is 38.7 Å². The third-order valence-electron chi connectivity index (χ3n) is 3.65. The summed E-state index contributed by atoms with van der Waals surface area (Å²) >= 11 is 0.